The van der Waals surface area contributed by atoms with E-state index in [1.165, 1.54) is 18.2 Å². The summed E-state index contributed by atoms with van der Waals surface area (Å²) in [6.07, 6.45) is -4.28. The molecule has 102 valence electrons. The highest BCUT2D eigenvalue weighted by atomic mass is 19.4. The lowest BCUT2D eigenvalue weighted by Crippen LogP contribution is -2.54. The topological polar surface area (TPSA) is 55.8 Å². The molecule has 0 aromatic heterocycles. The summed E-state index contributed by atoms with van der Waals surface area (Å²) in [4.78, 5) is 11.4. The Balaban J connectivity index is 2.62. The second-order valence-electron chi connectivity index (χ2n) is 3.83. The Morgan fingerprint density at radius 3 is 2.58 bits per heavy atom. The van der Waals surface area contributed by atoms with Crippen LogP contribution >= 0.6 is 0 Å². The van der Waals surface area contributed by atoms with E-state index in [0.29, 0.717) is 0 Å². The predicted octanol–water partition coefficient (Wildman–Crippen LogP) is 1.89. The molecule has 1 aromatic carbocycles. The first kappa shape index (κ1) is 13.4. The van der Waals surface area contributed by atoms with E-state index in [1.54, 1.807) is 6.07 Å². The van der Waals surface area contributed by atoms with Crippen molar-refractivity contribution in [3.05, 3.63) is 35.4 Å². The Morgan fingerprint density at radius 2 is 2.00 bits per heavy atom. The SMILES string of the molecule is COC(=O)C1=Cc2ccccc2OC1(O)C(F)(F)F. The largest absolute Gasteiger partial charge is 0.465 e. The van der Waals surface area contributed by atoms with Crippen LogP contribution in [0.5, 0.6) is 5.75 Å². The van der Waals surface area contributed by atoms with Gasteiger partial charge in [0.2, 0.25) is 0 Å². The second-order valence-corrected chi connectivity index (χ2v) is 3.83. The van der Waals surface area contributed by atoms with E-state index in [2.05, 4.69) is 9.47 Å². The first-order valence-corrected chi connectivity index (χ1v) is 5.17. The maximum atomic E-state index is 12.9. The van der Waals surface area contributed by atoms with Crippen LogP contribution in [0.25, 0.3) is 6.08 Å². The summed E-state index contributed by atoms with van der Waals surface area (Å²) < 4.78 is 47.7. The van der Waals surface area contributed by atoms with Crippen molar-refractivity contribution in [2.45, 2.75) is 12.0 Å². The van der Waals surface area contributed by atoms with E-state index >= 15 is 0 Å². The van der Waals surface area contributed by atoms with E-state index < -0.39 is 23.5 Å². The van der Waals surface area contributed by atoms with E-state index in [1.807, 2.05) is 0 Å². The lowest BCUT2D eigenvalue weighted by molar-refractivity contribution is -0.316. The van der Waals surface area contributed by atoms with Gasteiger partial charge in [0.15, 0.2) is 0 Å². The molecule has 0 aliphatic carbocycles. The normalized spacial score (nSPS) is 22.1. The van der Waals surface area contributed by atoms with Gasteiger partial charge in [0.25, 0.3) is 0 Å². The zero-order chi connectivity index (χ0) is 14.3. The molecule has 2 rings (SSSR count). The molecule has 0 saturated heterocycles. The average Bonchev–Trinajstić information content (AvgIpc) is 2.35. The minimum atomic E-state index is -5.18. The molecule has 0 spiro atoms. The number of hydrogen-bond donors (Lipinski definition) is 1. The molecule has 7 heteroatoms. The van der Waals surface area contributed by atoms with Gasteiger partial charge in [-0.1, -0.05) is 18.2 Å². The average molecular weight is 274 g/mol. The van der Waals surface area contributed by atoms with Crippen molar-refractivity contribution in [1.82, 2.24) is 0 Å². The highest BCUT2D eigenvalue weighted by Gasteiger charge is 2.63. The first-order chi connectivity index (χ1) is 8.79. The summed E-state index contributed by atoms with van der Waals surface area (Å²) >= 11 is 0. The number of methoxy groups -OCH3 is 1. The van der Waals surface area contributed by atoms with Gasteiger partial charge in [-0.3, -0.25) is 0 Å². The van der Waals surface area contributed by atoms with Crippen LogP contribution in [0.4, 0.5) is 13.2 Å². The molecular weight excluding hydrogens is 265 g/mol. The van der Waals surface area contributed by atoms with Gasteiger partial charge in [0, 0.05) is 5.56 Å². The second kappa shape index (κ2) is 4.27. The molecule has 1 unspecified atom stereocenters. The van der Waals surface area contributed by atoms with Gasteiger partial charge in [-0.2, -0.15) is 13.2 Å². The summed E-state index contributed by atoms with van der Waals surface area (Å²) in [6, 6.07) is 5.73. The van der Waals surface area contributed by atoms with Crippen LogP contribution in [-0.2, 0) is 9.53 Å². The summed E-state index contributed by atoms with van der Waals surface area (Å²) in [7, 11) is 0.917. The summed E-state index contributed by atoms with van der Waals surface area (Å²) in [5, 5.41) is 9.70. The predicted molar refractivity (Wildman–Crippen MR) is 58.1 cm³/mol. The standard InChI is InChI=1S/C12H9F3O4/c1-18-10(16)8-6-7-4-2-3-5-9(7)19-11(8,17)12(13,14)15/h2-6,17H,1H3. The highest BCUT2D eigenvalue weighted by molar-refractivity contribution is 5.97. The third kappa shape index (κ3) is 2.06. The quantitative estimate of drug-likeness (QED) is 0.794. The fraction of sp³-hybridized carbons (Fsp3) is 0.250. The number of carbonyl (C=O) groups is 1. The van der Waals surface area contributed by atoms with Crippen molar-refractivity contribution in [3.8, 4) is 5.75 Å². The highest BCUT2D eigenvalue weighted by Crippen LogP contribution is 2.43. The van der Waals surface area contributed by atoms with E-state index in [9.17, 15) is 23.1 Å². The van der Waals surface area contributed by atoms with Crippen molar-refractivity contribution >= 4 is 12.0 Å². The fourth-order valence-corrected chi connectivity index (χ4v) is 1.68. The monoisotopic (exact) mass is 274 g/mol. The number of halogens is 3. The smallest absolute Gasteiger partial charge is 0.460 e. The van der Waals surface area contributed by atoms with Gasteiger partial charge in [0.05, 0.1) is 7.11 Å². The number of fused-ring (bicyclic) bond motifs is 1. The molecule has 1 heterocycles. The molecule has 0 bridgehead atoms. The van der Waals surface area contributed by atoms with Gasteiger partial charge in [-0.25, -0.2) is 4.79 Å². The Kier molecular flexibility index (Phi) is 3.01. The number of aliphatic hydroxyl groups is 1. The minimum absolute atomic E-state index is 0.171. The maximum Gasteiger partial charge on any atom is 0.460 e. The number of alkyl halides is 3. The molecule has 0 radical (unpaired) electrons. The van der Waals surface area contributed by atoms with Gasteiger partial charge in [0.1, 0.15) is 11.3 Å². The molecule has 1 N–H and O–H groups in total. The number of hydrogen-bond acceptors (Lipinski definition) is 4. The van der Waals surface area contributed by atoms with Crippen molar-refractivity contribution in [1.29, 1.82) is 0 Å². The zero-order valence-corrected chi connectivity index (χ0v) is 9.69. The molecule has 1 atom stereocenters. The van der Waals surface area contributed by atoms with Gasteiger partial charge >= 0.3 is 17.9 Å². The molecule has 0 saturated carbocycles. The molecule has 0 amide bonds. The fourth-order valence-electron chi connectivity index (χ4n) is 1.68. The number of para-hydroxylation sites is 1. The molecular formula is C12H9F3O4. The number of ether oxygens (including phenoxy) is 2. The molecule has 1 aliphatic rings. The van der Waals surface area contributed by atoms with Crippen LogP contribution in [0.1, 0.15) is 5.56 Å². The van der Waals surface area contributed by atoms with Gasteiger partial charge < -0.3 is 14.6 Å². The Hall–Kier alpha value is -2.02. The molecule has 0 fully saturated rings. The summed E-state index contributed by atoms with van der Waals surface area (Å²) in [5.41, 5.74) is -0.766. The van der Waals surface area contributed by atoms with E-state index in [4.69, 9.17) is 0 Å². The summed E-state index contributed by atoms with van der Waals surface area (Å²) in [5.74, 6) is -5.20. The van der Waals surface area contributed by atoms with Crippen LogP contribution in [-0.4, -0.2) is 30.1 Å². The Bertz CT molecular complexity index is 550. The molecule has 1 aromatic rings. The van der Waals surface area contributed by atoms with Crippen LogP contribution in [0.2, 0.25) is 0 Å². The van der Waals surface area contributed by atoms with Crippen LogP contribution in [0.3, 0.4) is 0 Å². The number of carbonyl (C=O) groups excluding carboxylic acids is 1. The zero-order valence-electron chi connectivity index (χ0n) is 9.69. The lowest BCUT2D eigenvalue weighted by atomic mass is 9.98. The molecule has 19 heavy (non-hydrogen) atoms. The van der Waals surface area contributed by atoms with Crippen LogP contribution in [0.15, 0.2) is 29.8 Å². The Labute approximate surface area is 106 Å². The summed E-state index contributed by atoms with van der Waals surface area (Å²) in [6.45, 7) is 0. The molecule has 1 aliphatic heterocycles. The lowest BCUT2D eigenvalue weighted by Gasteiger charge is -2.34. The first-order valence-electron chi connectivity index (χ1n) is 5.17. The number of benzene rings is 1. The third-order valence-corrected chi connectivity index (χ3v) is 2.63. The maximum absolute atomic E-state index is 12.9. The van der Waals surface area contributed by atoms with Crippen molar-refractivity contribution in [2.24, 2.45) is 0 Å². The third-order valence-electron chi connectivity index (χ3n) is 2.63. The number of rotatable bonds is 1. The van der Waals surface area contributed by atoms with E-state index in [-0.39, 0.29) is 11.3 Å². The van der Waals surface area contributed by atoms with Crippen LogP contribution in [0, 0.1) is 0 Å². The van der Waals surface area contributed by atoms with E-state index in [0.717, 1.165) is 13.2 Å². The Morgan fingerprint density at radius 1 is 1.37 bits per heavy atom. The van der Waals surface area contributed by atoms with Crippen molar-refractivity contribution in [2.75, 3.05) is 7.11 Å². The minimum Gasteiger partial charge on any atom is -0.465 e. The van der Waals surface area contributed by atoms with Gasteiger partial charge in [-0.05, 0) is 12.1 Å². The van der Waals surface area contributed by atoms with Crippen molar-refractivity contribution in [3.63, 3.8) is 0 Å². The van der Waals surface area contributed by atoms with Crippen molar-refractivity contribution < 1.29 is 32.5 Å². The van der Waals surface area contributed by atoms with Gasteiger partial charge in [-0.15, -0.1) is 0 Å². The van der Waals surface area contributed by atoms with Crippen LogP contribution < -0.4 is 4.74 Å². The number of esters is 1. The molecule has 4 nitrogen and oxygen atoms in total.